The lowest BCUT2D eigenvalue weighted by molar-refractivity contribution is -0.384. The van der Waals surface area contributed by atoms with Gasteiger partial charge in [-0.2, -0.15) is 0 Å². The van der Waals surface area contributed by atoms with Crippen LogP contribution in [-0.4, -0.2) is 61.2 Å². The predicted molar refractivity (Wildman–Crippen MR) is 125 cm³/mol. The van der Waals surface area contributed by atoms with E-state index in [1.807, 2.05) is 0 Å². The van der Waals surface area contributed by atoms with Gasteiger partial charge in [-0.15, -0.1) is 11.6 Å². The van der Waals surface area contributed by atoms with Crippen LogP contribution in [0.3, 0.4) is 0 Å². The van der Waals surface area contributed by atoms with Gasteiger partial charge in [-0.05, 0) is 33.3 Å². The second kappa shape index (κ2) is 13.2. The number of ether oxygens (including phenoxy) is 4. The van der Waals surface area contributed by atoms with Crippen LogP contribution in [0.2, 0.25) is 0 Å². The zero-order valence-electron chi connectivity index (χ0n) is 19.6. The molecule has 1 aromatic rings. The standard InChI is InChI=1S/C23H29ClN2O8/c1-5-31-22(28)19-18(15-9-8-10-16(13-15)26(29)30)17(21(27)34-12-11-24)14(4)25-20(19)23(32-6-2)33-7-3/h8-10,13,17-18,23H,5-7,11-12H2,1-4H3. The normalized spacial score (nSPS) is 18.0. The molecule has 2 rings (SSSR count). The highest BCUT2D eigenvalue weighted by Crippen LogP contribution is 2.42. The number of nitro benzene ring substituents is 1. The molecule has 0 aliphatic carbocycles. The first kappa shape index (κ1) is 27.4. The fourth-order valence-corrected chi connectivity index (χ4v) is 3.82. The molecule has 0 spiro atoms. The van der Waals surface area contributed by atoms with Crippen molar-refractivity contribution in [2.45, 2.75) is 39.9 Å². The average Bonchev–Trinajstić information content (AvgIpc) is 2.81. The summed E-state index contributed by atoms with van der Waals surface area (Å²) in [7, 11) is 0. The van der Waals surface area contributed by atoms with Gasteiger partial charge in [0.05, 0.1) is 23.0 Å². The van der Waals surface area contributed by atoms with E-state index < -0.39 is 35.0 Å². The van der Waals surface area contributed by atoms with Gasteiger partial charge in [0, 0.05) is 37.0 Å². The molecule has 0 amide bonds. The van der Waals surface area contributed by atoms with Crippen LogP contribution in [0.5, 0.6) is 0 Å². The topological polar surface area (TPSA) is 127 Å². The zero-order valence-corrected chi connectivity index (χ0v) is 20.4. The fraction of sp³-hybridized carbons (Fsp3) is 0.522. The summed E-state index contributed by atoms with van der Waals surface area (Å²) in [6.07, 6.45) is -1.01. The van der Waals surface area contributed by atoms with Crippen molar-refractivity contribution in [3.8, 4) is 0 Å². The molecule has 0 saturated heterocycles. The maximum Gasteiger partial charge on any atom is 0.336 e. The first-order valence-corrected chi connectivity index (χ1v) is 11.5. The molecule has 0 fully saturated rings. The molecule has 1 aliphatic rings. The third-order valence-electron chi connectivity index (χ3n) is 5.04. The van der Waals surface area contributed by atoms with Crippen molar-refractivity contribution in [3.63, 3.8) is 0 Å². The number of benzene rings is 1. The Bertz CT molecular complexity index is 956. The molecule has 0 saturated carbocycles. The number of alkyl halides is 1. The van der Waals surface area contributed by atoms with Crippen molar-refractivity contribution < 1.29 is 33.5 Å². The molecule has 1 aromatic carbocycles. The van der Waals surface area contributed by atoms with Gasteiger partial charge in [-0.1, -0.05) is 12.1 Å². The number of rotatable bonds is 12. The van der Waals surface area contributed by atoms with Crippen LogP contribution < -0.4 is 0 Å². The lowest BCUT2D eigenvalue weighted by Crippen LogP contribution is -2.39. The molecule has 34 heavy (non-hydrogen) atoms. The quantitative estimate of drug-likeness (QED) is 0.141. The number of nitro groups is 1. The Morgan fingerprint density at radius 3 is 2.38 bits per heavy atom. The Morgan fingerprint density at radius 1 is 1.15 bits per heavy atom. The number of nitrogens with zero attached hydrogens (tertiary/aromatic N) is 2. The van der Waals surface area contributed by atoms with Crippen LogP contribution in [0.25, 0.3) is 0 Å². The monoisotopic (exact) mass is 496 g/mol. The van der Waals surface area contributed by atoms with Crippen LogP contribution in [0.4, 0.5) is 5.69 Å². The summed E-state index contributed by atoms with van der Waals surface area (Å²) >= 11 is 5.69. The molecule has 2 atom stereocenters. The van der Waals surface area contributed by atoms with Gasteiger partial charge in [0.25, 0.3) is 5.69 Å². The highest BCUT2D eigenvalue weighted by molar-refractivity contribution is 6.18. The van der Waals surface area contributed by atoms with E-state index in [1.54, 1.807) is 33.8 Å². The number of carbonyl (C=O) groups is 2. The lowest BCUT2D eigenvalue weighted by Gasteiger charge is -2.34. The third kappa shape index (κ3) is 6.40. The van der Waals surface area contributed by atoms with Gasteiger partial charge in [-0.3, -0.25) is 19.9 Å². The molecule has 0 N–H and O–H groups in total. The number of carbonyl (C=O) groups excluding carboxylic acids is 2. The fourth-order valence-electron chi connectivity index (χ4n) is 3.74. The maximum atomic E-state index is 13.2. The summed E-state index contributed by atoms with van der Waals surface area (Å²) in [5, 5.41) is 11.4. The van der Waals surface area contributed by atoms with E-state index >= 15 is 0 Å². The summed E-state index contributed by atoms with van der Waals surface area (Å²) in [5.74, 6) is -3.35. The molecule has 11 heteroatoms. The zero-order chi connectivity index (χ0) is 25.3. The Hall–Kier alpha value is -2.82. The molecular weight excluding hydrogens is 468 g/mol. The number of non-ortho nitro benzene ring substituents is 1. The summed E-state index contributed by atoms with van der Waals surface area (Å²) < 4.78 is 22.0. The van der Waals surface area contributed by atoms with E-state index in [0.29, 0.717) is 11.3 Å². The van der Waals surface area contributed by atoms with E-state index in [-0.39, 0.29) is 49.3 Å². The van der Waals surface area contributed by atoms with Crippen LogP contribution in [0, 0.1) is 16.0 Å². The van der Waals surface area contributed by atoms with Gasteiger partial charge in [0.2, 0.25) is 6.29 Å². The average molecular weight is 497 g/mol. The summed E-state index contributed by atoms with van der Waals surface area (Å²) in [6.45, 7) is 7.34. The maximum absolute atomic E-state index is 13.2. The van der Waals surface area contributed by atoms with Crippen LogP contribution >= 0.6 is 11.6 Å². The predicted octanol–water partition coefficient (Wildman–Crippen LogP) is 3.77. The van der Waals surface area contributed by atoms with Crippen LogP contribution in [0.1, 0.15) is 39.2 Å². The largest absolute Gasteiger partial charge is 0.464 e. The summed E-state index contributed by atoms with van der Waals surface area (Å²) in [4.78, 5) is 41.8. The van der Waals surface area contributed by atoms with Gasteiger partial charge in [0.15, 0.2) is 0 Å². The molecular formula is C23H29ClN2O8. The molecule has 0 aromatic heterocycles. The molecule has 186 valence electrons. The SMILES string of the molecule is CCOC(=O)C1=C(C(OCC)OCC)N=C(C)C(C(=O)OCCCl)C1c1cccc([N+](=O)[O-])c1. The van der Waals surface area contributed by atoms with Crippen LogP contribution in [0.15, 0.2) is 40.5 Å². The van der Waals surface area contributed by atoms with Crippen molar-refractivity contribution >= 4 is 34.9 Å². The van der Waals surface area contributed by atoms with E-state index in [2.05, 4.69) is 4.99 Å². The first-order chi connectivity index (χ1) is 16.3. The molecule has 0 radical (unpaired) electrons. The molecule has 1 heterocycles. The van der Waals surface area contributed by atoms with E-state index in [9.17, 15) is 19.7 Å². The second-order valence-electron chi connectivity index (χ2n) is 7.18. The molecule has 10 nitrogen and oxygen atoms in total. The van der Waals surface area contributed by atoms with Crippen molar-refractivity contribution in [1.82, 2.24) is 0 Å². The Kier molecular flexibility index (Phi) is 10.6. The smallest absolute Gasteiger partial charge is 0.336 e. The highest BCUT2D eigenvalue weighted by atomic mass is 35.5. The van der Waals surface area contributed by atoms with Gasteiger partial charge in [-0.25, -0.2) is 4.79 Å². The number of esters is 2. The number of aliphatic imine (C=N–C) groups is 1. The number of halogens is 1. The first-order valence-electron chi connectivity index (χ1n) is 11.0. The minimum absolute atomic E-state index is 0.0210. The second-order valence-corrected chi connectivity index (χ2v) is 7.56. The minimum atomic E-state index is -1.04. The van der Waals surface area contributed by atoms with Crippen molar-refractivity contribution in [3.05, 3.63) is 51.2 Å². The lowest BCUT2D eigenvalue weighted by atomic mass is 9.75. The van der Waals surface area contributed by atoms with Gasteiger partial charge >= 0.3 is 11.9 Å². The van der Waals surface area contributed by atoms with Crippen molar-refractivity contribution in [1.29, 1.82) is 0 Å². The molecule has 2 unspecified atom stereocenters. The van der Waals surface area contributed by atoms with E-state index in [0.717, 1.165) is 0 Å². The molecule has 1 aliphatic heterocycles. The molecule has 0 bridgehead atoms. The third-order valence-corrected chi connectivity index (χ3v) is 5.19. The number of hydrogen-bond acceptors (Lipinski definition) is 9. The van der Waals surface area contributed by atoms with E-state index in [1.165, 1.54) is 18.2 Å². The van der Waals surface area contributed by atoms with Crippen molar-refractivity contribution in [2.75, 3.05) is 32.3 Å². The van der Waals surface area contributed by atoms with Gasteiger partial charge in [0.1, 0.15) is 18.2 Å². The van der Waals surface area contributed by atoms with Gasteiger partial charge < -0.3 is 18.9 Å². The Labute approximate surface area is 203 Å². The summed E-state index contributed by atoms with van der Waals surface area (Å²) in [6, 6.07) is 5.73. The van der Waals surface area contributed by atoms with Crippen LogP contribution in [-0.2, 0) is 28.5 Å². The Balaban J connectivity index is 2.82. The minimum Gasteiger partial charge on any atom is -0.464 e. The van der Waals surface area contributed by atoms with E-state index in [4.69, 9.17) is 30.5 Å². The number of hydrogen-bond donors (Lipinski definition) is 0. The summed E-state index contributed by atoms with van der Waals surface area (Å²) in [5.41, 5.74) is 0.666. The van der Waals surface area contributed by atoms with Crippen molar-refractivity contribution in [2.24, 2.45) is 10.9 Å². The Morgan fingerprint density at radius 2 is 1.82 bits per heavy atom. The highest BCUT2D eigenvalue weighted by Gasteiger charge is 2.45.